The molecule has 0 bridgehead atoms. The number of unbranched alkanes of at least 4 members (excludes halogenated alkanes) is 6. The van der Waals surface area contributed by atoms with Crippen LogP contribution in [0.25, 0.3) is 0 Å². The molecule has 0 saturated heterocycles. The van der Waals surface area contributed by atoms with Gasteiger partial charge in [-0.05, 0) is 25.8 Å². The number of hydrogen-bond donors (Lipinski definition) is 1. The van der Waals surface area contributed by atoms with Gasteiger partial charge in [0.05, 0.1) is 0 Å². The van der Waals surface area contributed by atoms with E-state index in [9.17, 15) is 0 Å². The van der Waals surface area contributed by atoms with Gasteiger partial charge in [-0.25, -0.2) is 0 Å². The first-order chi connectivity index (χ1) is 8.35. The molecular formula is C16H31N. The van der Waals surface area contributed by atoms with Crippen molar-refractivity contribution in [2.24, 2.45) is 0 Å². The van der Waals surface area contributed by atoms with Crippen LogP contribution in [0.15, 0.2) is 25.3 Å². The quantitative estimate of drug-likeness (QED) is 0.357. The van der Waals surface area contributed by atoms with Crippen LogP contribution in [0, 0.1) is 0 Å². The van der Waals surface area contributed by atoms with Gasteiger partial charge in [0.1, 0.15) is 0 Å². The molecule has 1 nitrogen and oxygen atoms in total. The van der Waals surface area contributed by atoms with E-state index in [2.05, 4.69) is 25.4 Å². The second kappa shape index (κ2) is 13.5. The first-order valence-electron chi connectivity index (χ1n) is 7.30. The van der Waals surface area contributed by atoms with E-state index in [4.69, 9.17) is 0 Å². The minimum absolute atomic E-state index is 0.546. The average Bonchev–Trinajstić information content (AvgIpc) is 2.33. The molecule has 0 fully saturated rings. The summed E-state index contributed by atoms with van der Waals surface area (Å²) in [4.78, 5) is 0. The van der Waals surface area contributed by atoms with Gasteiger partial charge in [-0.2, -0.15) is 0 Å². The van der Waals surface area contributed by atoms with E-state index in [1.54, 1.807) is 0 Å². The number of nitrogens with one attached hydrogen (secondary N) is 1. The van der Waals surface area contributed by atoms with E-state index in [0.29, 0.717) is 6.04 Å². The average molecular weight is 237 g/mol. The normalized spacial score (nSPS) is 10.7. The van der Waals surface area contributed by atoms with Crippen LogP contribution in [0.3, 0.4) is 0 Å². The molecule has 1 N–H and O–H groups in total. The zero-order chi connectivity index (χ0) is 12.8. The highest BCUT2D eigenvalue weighted by atomic mass is 14.9. The standard InChI is InChI=1S/C16H31N/c1-4-7-8-9-10-11-12-15-17-16(13-5-2)14-6-3/h5-6,16-17H,2-4,7-15H2,1H3. The predicted octanol–water partition coefficient (Wildman–Crippen LogP) is 4.85. The molecule has 0 heterocycles. The smallest absolute Gasteiger partial charge is 0.0136 e. The van der Waals surface area contributed by atoms with Crippen molar-refractivity contribution in [2.75, 3.05) is 6.54 Å². The SMILES string of the molecule is C=CCC(CC=C)NCCCCCCCCC. The van der Waals surface area contributed by atoms with Crippen molar-refractivity contribution >= 4 is 0 Å². The predicted molar refractivity (Wildman–Crippen MR) is 79.4 cm³/mol. The Morgan fingerprint density at radius 1 is 0.882 bits per heavy atom. The Labute approximate surface area is 108 Å². The van der Waals surface area contributed by atoms with Gasteiger partial charge in [0.2, 0.25) is 0 Å². The summed E-state index contributed by atoms with van der Waals surface area (Å²) in [6.07, 6.45) is 15.7. The van der Waals surface area contributed by atoms with E-state index in [1.807, 2.05) is 12.2 Å². The van der Waals surface area contributed by atoms with Crippen LogP contribution in [0.1, 0.15) is 64.7 Å². The van der Waals surface area contributed by atoms with Crippen LogP contribution in [-0.2, 0) is 0 Å². The molecule has 0 aliphatic rings. The van der Waals surface area contributed by atoms with Crippen molar-refractivity contribution in [1.82, 2.24) is 5.32 Å². The van der Waals surface area contributed by atoms with Gasteiger partial charge in [0.15, 0.2) is 0 Å². The highest BCUT2D eigenvalue weighted by molar-refractivity contribution is 4.83. The first-order valence-corrected chi connectivity index (χ1v) is 7.30. The molecule has 0 aromatic heterocycles. The Morgan fingerprint density at radius 2 is 1.41 bits per heavy atom. The molecule has 0 spiro atoms. The van der Waals surface area contributed by atoms with Crippen LogP contribution in [0.2, 0.25) is 0 Å². The fourth-order valence-electron chi connectivity index (χ4n) is 2.05. The minimum Gasteiger partial charge on any atom is -0.313 e. The summed E-state index contributed by atoms with van der Waals surface area (Å²) in [5, 5.41) is 3.58. The summed E-state index contributed by atoms with van der Waals surface area (Å²) in [5.41, 5.74) is 0. The maximum Gasteiger partial charge on any atom is 0.0136 e. The van der Waals surface area contributed by atoms with Gasteiger partial charge in [0.25, 0.3) is 0 Å². The lowest BCUT2D eigenvalue weighted by Gasteiger charge is -2.14. The second-order valence-corrected chi connectivity index (χ2v) is 4.82. The van der Waals surface area contributed by atoms with Crippen molar-refractivity contribution in [3.8, 4) is 0 Å². The van der Waals surface area contributed by atoms with Crippen molar-refractivity contribution in [3.63, 3.8) is 0 Å². The maximum absolute atomic E-state index is 3.79. The molecule has 0 aromatic rings. The second-order valence-electron chi connectivity index (χ2n) is 4.82. The lowest BCUT2D eigenvalue weighted by molar-refractivity contribution is 0.493. The van der Waals surface area contributed by atoms with E-state index in [0.717, 1.165) is 19.4 Å². The number of rotatable bonds is 13. The molecule has 1 heteroatoms. The van der Waals surface area contributed by atoms with Gasteiger partial charge in [-0.15, -0.1) is 13.2 Å². The zero-order valence-corrected chi connectivity index (χ0v) is 11.7. The third-order valence-electron chi connectivity index (χ3n) is 3.12. The molecular weight excluding hydrogens is 206 g/mol. The van der Waals surface area contributed by atoms with E-state index < -0.39 is 0 Å². The molecule has 0 aliphatic carbocycles. The third-order valence-corrected chi connectivity index (χ3v) is 3.12. The highest BCUT2D eigenvalue weighted by Gasteiger charge is 2.02. The van der Waals surface area contributed by atoms with Crippen LogP contribution < -0.4 is 5.32 Å². The fourth-order valence-corrected chi connectivity index (χ4v) is 2.05. The lowest BCUT2D eigenvalue weighted by atomic mass is 10.1. The molecule has 0 rings (SSSR count). The van der Waals surface area contributed by atoms with Crippen molar-refractivity contribution in [3.05, 3.63) is 25.3 Å². The molecule has 0 aliphatic heterocycles. The summed E-state index contributed by atoms with van der Waals surface area (Å²) >= 11 is 0. The van der Waals surface area contributed by atoms with Gasteiger partial charge >= 0.3 is 0 Å². The maximum atomic E-state index is 3.79. The van der Waals surface area contributed by atoms with Crippen LogP contribution in [-0.4, -0.2) is 12.6 Å². The third kappa shape index (κ3) is 11.7. The summed E-state index contributed by atoms with van der Waals surface area (Å²) in [6, 6.07) is 0.546. The summed E-state index contributed by atoms with van der Waals surface area (Å²) < 4.78 is 0. The van der Waals surface area contributed by atoms with Gasteiger partial charge in [0, 0.05) is 6.04 Å². The van der Waals surface area contributed by atoms with Crippen LogP contribution in [0.5, 0.6) is 0 Å². The molecule has 0 atom stereocenters. The lowest BCUT2D eigenvalue weighted by Crippen LogP contribution is -2.28. The molecule has 100 valence electrons. The van der Waals surface area contributed by atoms with E-state index >= 15 is 0 Å². The number of hydrogen-bond acceptors (Lipinski definition) is 1. The minimum atomic E-state index is 0.546. The van der Waals surface area contributed by atoms with Gasteiger partial charge < -0.3 is 5.32 Å². The molecule has 0 aromatic carbocycles. The highest BCUT2D eigenvalue weighted by Crippen LogP contribution is 2.07. The summed E-state index contributed by atoms with van der Waals surface area (Å²) in [5.74, 6) is 0. The van der Waals surface area contributed by atoms with Crippen molar-refractivity contribution in [2.45, 2.75) is 70.8 Å². The molecule has 17 heavy (non-hydrogen) atoms. The Kier molecular flexibility index (Phi) is 13.1. The first kappa shape index (κ1) is 16.4. The van der Waals surface area contributed by atoms with Crippen molar-refractivity contribution in [1.29, 1.82) is 0 Å². The Balaban J connectivity index is 3.29. The van der Waals surface area contributed by atoms with Crippen LogP contribution in [0.4, 0.5) is 0 Å². The topological polar surface area (TPSA) is 12.0 Å². The monoisotopic (exact) mass is 237 g/mol. The summed E-state index contributed by atoms with van der Waals surface area (Å²) in [7, 11) is 0. The molecule has 0 unspecified atom stereocenters. The Morgan fingerprint density at radius 3 is 1.94 bits per heavy atom. The zero-order valence-electron chi connectivity index (χ0n) is 11.7. The summed E-state index contributed by atoms with van der Waals surface area (Å²) in [6.45, 7) is 11.0. The molecule has 0 radical (unpaired) electrons. The van der Waals surface area contributed by atoms with Crippen LogP contribution >= 0.6 is 0 Å². The van der Waals surface area contributed by atoms with Gasteiger partial charge in [-0.1, -0.05) is 57.6 Å². The Hall–Kier alpha value is -0.560. The van der Waals surface area contributed by atoms with Crippen molar-refractivity contribution < 1.29 is 0 Å². The van der Waals surface area contributed by atoms with E-state index in [1.165, 1.54) is 44.9 Å². The molecule has 0 amide bonds. The van der Waals surface area contributed by atoms with E-state index in [-0.39, 0.29) is 0 Å². The fraction of sp³-hybridized carbons (Fsp3) is 0.750. The van der Waals surface area contributed by atoms with Gasteiger partial charge in [-0.3, -0.25) is 0 Å². The molecule has 0 saturated carbocycles. The Bertz CT molecular complexity index is 164. The largest absolute Gasteiger partial charge is 0.313 e.